The van der Waals surface area contributed by atoms with Gasteiger partial charge in [0.15, 0.2) is 0 Å². The lowest BCUT2D eigenvalue weighted by Gasteiger charge is -2.10. The van der Waals surface area contributed by atoms with Crippen LogP contribution in [0.3, 0.4) is 0 Å². The number of ether oxygens (including phenoxy) is 1. The zero-order chi connectivity index (χ0) is 15.5. The van der Waals surface area contributed by atoms with Crippen molar-refractivity contribution in [3.63, 3.8) is 0 Å². The maximum atomic E-state index is 12.0. The van der Waals surface area contributed by atoms with E-state index in [-0.39, 0.29) is 5.97 Å². The summed E-state index contributed by atoms with van der Waals surface area (Å²) in [4.78, 5) is 12.0. The number of esters is 1. The third-order valence-electron chi connectivity index (χ3n) is 4.12. The van der Waals surface area contributed by atoms with Crippen LogP contribution < -0.4 is 0 Å². The highest BCUT2D eigenvalue weighted by Gasteiger charge is 2.18. The average Bonchev–Trinajstić information content (AvgIpc) is 2.65. The molecule has 0 radical (unpaired) electrons. The quantitative estimate of drug-likeness (QED) is 0.784. The smallest absolute Gasteiger partial charge is 0.310 e. The van der Waals surface area contributed by atoms with Gasteiger partial charge in [0.05, 0.1) is 13.0 Å². The molecule has 112 valence electrons. The van der Waals surface area contributed by atoms with Gasteiger partial charge in [-0.3, -0.25) is 4.79 Å². The zero-order valence-electron chi connectivity index (χ0n) is 13.1. The first-order valence-corrected chi connectivity index (χ1v) is 7.72. The van der Waals surface area contributed by atoms with Crippen LogP contribution in [-0.2, 0) is 16.0 Å². The highest BCUT2D eigenvalue weighted by molar-refractivity contribution is 5.94. The molecular formula is C20H20O2. The van der Waals surface area contributed by atoms with Crippen LogP contribution in [0.2, 0.25) is 0 Å². The number of hydrogen-bond acceptors (Lipinski definition) is 2. The van der Waals surface area contributed by atoms with Crippen molar-refractivity contribution < 1.29 is 9.53 Å². The minimum absolute atomic E-state index is 0.166. The lowest BCUT2D eigenvalue weighted by atomic mass is 9.96. The van der Waals surface area contributed by atoms with Crippen LogP contribution in [0.4, 0.5) is 0 Å². The minimum atomic E-state index is -0.166. The summed E-state index contributed by atoms with van der Waals surface area (Å²) in [5.41, 5.74) is 7.26. The molecule has 2 aromatic carbocycles. The van der Waals surface area contributed by atoms with Gasteiger partial charge in [-0.2, -0.15) is 0 Å². The molecule has 2 nitrogen and oxygen atoms in total. The van der Waals surface area contributed by atoms with Gasteiger partial charge in [-0.05, 0) is 53.7 Å². The molecule has 0 N–H and O–H groups in total. The molecule has 0 bridgehead atoms. The van der Waals surface area contributed by atoms with Gasteiger partial charge in [-0.15, -0.1) is 0 Å². The molecular weight excluding hydrogens is 272 g/mol. The Kier molecular flexibility index (Phi) is 4.10. The van der Waals surface area contributed by atoms with Crippen LogP contribution >= 0.6 is 0 Å². The van der Waals surface area contributed by atoms with E-state index in [9.17, 15) is 4.79 Å². The van der Waals surface area contributed by atoms with Gasteiger partial charge in [-0.1, -0.05) is 48.5 Å². The molecule has 0 amide bonds. The first-order chi connectivity index (χ1) is 10.7. The molecule has 2 heteroatoms. The molecule has 3 rings (SSSR count). The topological polar surface area (TPSA) is 26.3 Å². The second-order valence-electron chi connectivity index (χ2n) is 5.63. The van der Waals surface area contributed by atoms with Gasteiger partial charge in [0.25, 0.3) is 0 Å². The van der Waals surface area contributed by atoms with Gasteiger partial charge in [0.1, 0.15) is 0 Å². The Bertz CT molecular complexity index is 741. The monoisotopic (exact) mass is 292 g/mol. The Labute approximate surface area is 131 Å². The van der Waals surface area contributed by atoms with Crippen molar-refractivity contribution in [3.05, 3.63) is 70.3 Å². The van der Waals surface area contributed by atoms with Crippen LogP contribution in [0.5, 0.6) is 0 Å². The molecule has 1 aliphatic rings. The molecule has 2 aromatic rings. The fourth-order valence-electron chi connectivity index (χ4n) is 3.06. The molecule has 0 unspecified atom stereocenters. The Morgan fingerprint density at radius 3 is 2.68 bits per heavy atom. The van der Waals surface area contributed by atoms with Crippen LogP contribution in [-0.4, -0.2) is 12.6 Å². The summed E-state index contributed by atoms with van der Waals surface area (Å²) in [5.74, 6) is -0.166. The molecule has 0 saturated heterocycles. The van der Waals surface area contributed by atoms with E-state index in [1.54, 1.807) is 0 Å². The van der Waals surface area contributed by atoms with Gasteiger partial charge >= 0.3 is 5.97 Å². The van der Waals surface area contributed by atoms with E-state index in [1.807, 2.05) is 13.0 Å². The number of aryl methyl sites for hydroxylation is 1. The summed E-state index contributed by atoms with van der Waals surface area (Å²) in [6.07, 6.45) is 3.38. The summed E-state index contributed by atoms with van der Waals surface area (Å²) in [7, 11) is 0. The Morgan fingerprint density at radius 1 is 1.09 bits per heavy atom. The summed E-state index contributed by atoms with van der Waals surface area (Å²) in [6.45, 7) is 4.38. The maximum Gasteiger partial charge on any atom is 0.310 e. The summed E-state index contributed by atoms with van der Waals surface area (Å²) in [5, 5.41) is 0. The predicted octanol–water partition coefficient (Wildman–Crippen LogP) is 4.39. The Balaban J connectivity index is 2.11. The van der Waals surface area contributed by atoms with Crippen molar-refractivity contribution >= 4 is 17.6 Å². The van der Waals surface area contributed by atoms with E-state index in [1.165, 1.54) is 22.3 Å². The third-order valence-corrected chi connectivity index (χ3v) is 4.12. The van der Waals surface area contributed by atoms with Crippen LogP contribution in [0, 0.1) is 6.92 Å². The molecule has 0 fully saturated rings. The van der Waals surface area contributed by atoms with Crippen molar-refractivity contribution in [3.8, 4) is 0 Å². The highest BCUT2D eigenvalue weighted by atomic mass is 16.5. The number of fused-ring (bicyclic) bond motifs is 2. The van der Waals surface area contributed by atoms with E-state index in [0.29, 0.717) is 13.0 Å². The third kappa shape index (κ3) is 2.82. The fraction of sp³-hybridized carbons (Fsp3) is 0.250. The number of carbonyl (C=O) groups is 1. The van der Waals surface area contributed by atoms with Crippen molar-refractivity contribution in [2.45, 2.75) is 26.7 Å². The van der Waals surface area contributed by atoms with Crippen molar-refractivity contribution in [1.82, 2.24) is 0 Å². The molecule has 0 aromatic heterocycles. The van der Waals surface area contributed by atoms with Crippen LogP contribution in [0.25, 0.3) is 11.6 Å². The predicted molar refractivity (Wildman–Crippen MR) is 89.5 cm³/mol. The molecule has 22 heavy (non-hydrogen) atoms. The van der Waals surface area contributed by atoms with E-state index in [4.69, 9.17) is 4.74 Å². The first kappa shape index (κ1) is 14.6. The summed E-state index contributed by atoms with van der Waals surface area (Å²) >= 11 is 0. The first-order valence-electron chi connectivity index (χ1n) is 7.72. The maximum absolute atomic E-state index is 12.0. The number of hydrogen-bond donors (Lipinski definition) is 0. The molecule has 0 spiro atoms. The number of benzene rings is 2. The average molecular weight is 292 g/mol. The van der Waals surface area contributed by atoms with Gasteiger partial charge in [-0.25, -0.2) is 0 Å². The molecule has 0 atom stereocenters. The van der Waals surface area contributed by atoms with Gasteiger partial charge < -0.3 is 4.74 Å². The van der Waals surface area contributed by atoms with Crippen molar-refractivity contribution in [2.24, 2.45) is 0 Å². The Morgan fingerprint density at radius 2 is 1.86 bits per heavy atom. The van der Waals surface area contributed by atoms with E-state index in [2.05, 4.69) is 49.4 Å². The minimum Gasteiger partial charge on any atom is -0.466 e. The fourth-order valence-corrected chi connectivity index (χ4v) is 3.06. The number of carbonyl (C=O) groups excluding carboxylic acids is 1. The standard InChI is InChI=1S/C20H20O2/c1-3-22-20(21)13-17-12-19-14(2)7-6-9-16(19)11-15-8-4-5-10-18(15)17/h4-10,12H,3,11,13H2,1-2H3. The van der Waals surface area contributed by atoms with Gasteiger partial charge in [0.2, 0.25) is 0 Å². The SMILES string of the molecule is CCOC(=O)CC1=Cc2c(C)cccc2Cc2ccccc21. The van der Waals surface area contributed by atoms with Crippen molar-refractivity contribution in [1.29, 1.82) is 0 Å². The largest absolute Gasteiger partial charge is 0.466 e. The van der Waals surface area contributed by atoms with Crippen molar-refractivity contribution in [2.75, 3.05) is 6.61 Å². The van der Waals surface area contributed by atoms with Crippen LogP contribution in [0.1, 0.15) is 41.2 Å². The molecule has 1 aliphatic carbocycles. The molecule has 0 saturated carbocycles. The summed E-state index contributed by atoms with van der Waals surface area (Å²) in [6, 6.07) is 14.7. The lowest BCUT2D eigenvalue weighted by Crippen LogP contribution is -2.05. The zero-order valence-corrected chi connectivity index (χ0v) is 13.1. The second kappa shape index (κ2) is 6.18. The van der Waals surface area contributed by atoms with E-state index < -0.39 is 0 Å². The van der Waals surface area contributed by atoms with Gasteiger partial charge in [0, 0.05) is 0 Å². The summed E-state index contributed by atoms with van der Waals surface area (Å²) < 4.78 is 5.14. The lowest BCUT2D eigenvalue weighted by molar-refractivity contribution is -0.141. The normalized spacial score (nSPS) is 12.7. The number of rotatable bonds is 3. The molecule has 0 heterocycles. The van der Waals surface area contributed by atoms with E-state index >= 15 is 0 Å². The van der Waals surface area contributed by atoms with E-state index in [0.717, 1.165) is 17.6 Å². The van der Waals surface area contributed by atoms with Crippen LogP contribution in [0.15, 0.2) is 42.5 Å². The Hall–Kier alpha value is -2.35. The second-order valence-corrected chi connectivity index (χ2v) is 5.63. The highest BCUT2D eigenvalue weighted by Crippen LogP contribution is 2.33. The molecule has 0 aliphatic heterocycles.